The van der Waals surface area contributed by atoms with E-state index in [0.717, 1.165) is 11.1 Å². The number of amides is 2. The molecule has 206 valence electrons. The van der Waals surface area contributed by atoms with Crippen molar-refractivity contribution in [1.82, 2.24) is 0 Å². The Kier molecular flexibility index (Phi) is 6.52. The van der Waals surface area contributed by atoms with E-state index < -0.39 is 17.7 Å². The molecular formula is C36H27ClN2O3. The summed E-state index contributed by atoms with van der Waals surface area (Å²) in [6.07, 6.45) is -0.410. The molecular weight excluding hydrogens is 544 g/mol. The fourth-order valence-electron chi connectivity index (χ4n) is 6.34. The number of hydrogen-bond donors (Lipinski definition) is 0. The molecule has 2 aliphatic rings. The number of rotatable bonds is 5. The molecule has 3 atom stereocenters. The summed E-state index contributed by atoms with van der Waals surface area (Å²) in [5.41, 5.74) is 2.84. The Hall–Kier alpha value is -4.87. The molecule has 0 aromatic heterocycles. The molecule has 7 rings (SSSR count). The molecule has 6 heteroatoms. The number of anilines is 2. The minimum atomic E-state index is -0.902. The molecule has 1 saturated heterocycles. The van der Waals surface area contributed by atoms with Gasteiger partial charge in [-0.3, -0.25) is 19.4 Å². The van der Waals surface area contributed by atoms with E-state index in [1.54, 1.807) is 0 Å². The van der Waals surface area contributed by atoms with E-state index in [1.807, 2.05) is 149 Å². The molecule has 2 aliphatic heterocycles. The molecule has 2 heterocycles. The van der Waals surface area contributed by atoms with Gasteiger partial charge in [-0.2, -0.15) is 0 Å². The molecule has 3 unspecified atom stereocenters. The van der Waals surface area contributed by atoms with E-state index in [2.05, 4.69) is 0 Å². The van der Waals surface area contributed by atoms with Crippen molar-refractivity contribution in [3.05, 3.63) is 161 Å². The maximum Gasteiger partial charge on any atom is 0.271 e. The summed E-state index contributed by atoms with van der Waals surface area (Å²) in [6, 6.07) is 43.5. The van der Waals surface area contributed by atoms with Gasteiger partial charge >= 0.3 is 0 Å². The zero-order valence-corrected chi connectivity index (χ0v) is 23.4. The van der Waals surface area contributed by atoms with E-state index in [9.17, 15) is 9.59 Å². The Bertz CT molecular complexity index is 1750. The van der Waals surface area contributed by atoms with Crippen molar-refractivity contribution in [2.24, 2.45) is 0 Å². The third-order valence-corrected chi connectivity index (χ3v) is 8.49. The average molecular weight is 571 g/mol. The van der Waals surface area contributed by atoms with Gasteiger partial charge in [-0.1, -0.05) is 103 Å². The van der Waals surface area contributed by atoms with Crippen molar-refractivity contribution in [1.29, 1.82) is 0 Å². The lowest BCUT2D eigenvalue weighted by Crippen LogP contribution is -2.74. The number of benzene rings is 5. The lowest BCUT2D eigenvalue weighted by Gasteiger charge is -2.56. The van der Waals surface area contributed by atoms with Gasteiger partial charge in [0.05, 0.1) is 17.4 Å². The molecule has 1 fully saturated rings. The number of ether oxygens (including phenoxy) is 1. The molecule has 42 heavy (non-hydrogen) atoms. The van der Waals surface area contributed by atoms with Crippen LogP contribution in [-0.2, 0) is 10.3 Å². The van der Waals surface area contributed by atoms with Crippen molar-refractivity contribution in [3.8, 4) is 5.75 Å². The number of para-hydroxylation sites is 3. The third kappa shape index (κ3) is 4.16. The standard InChI is InChI=1S/C36H27ClN2O3/c37-28-22-20-25(21-23-28)32-24-36(27-14-6-2-7-15-27)33(42-29-16-8-3-9-17-29)35(41)39(36)31-19-11-10-18-30(31)38(32)34(40)26-12-4-1-5-13-26/h1-23,32-33H,24H2. The fourth-order valence-corrected chi connectivity index (χ4v) is 6.47. The number of fused-ring (bicyclic) bond motifs is 3. The van der Waals surface area contributed by atoms with Crippen molar-refractivity contribution >= 4 is 34.8 Å². The number of nitrogens with zero attached hydrogens (tertiary/aromatic N) is 2. The summed E-state index contributed by atoms with van der Waals surface area (Å²) >= 11 is 6.32. The van der Waals surface area contributed by atoms with Gasteiger partial charge < -0.3 is 4.74 Å². The first-order chi connectivity index (χ1) is 20.6. The second kappa shape index (κ2) is 10.5. The quantitative estimate of drug-likeness (QED) is 0.202. The van der Waals surface area contributed by atoms with Crippen molar-refractivity contribution in [3.63, 3.8) is 0 Å². The molecule has 0 bridgehead atoms. The maximum atomic E-state index is 14.5. The van der Waals surface area contributed by atoms with Crippen LogP contribution in [0.15, 0.2) is 140 Å². The Morgan fingerprint density at radius 3 is 1.95 bits per heavy atom. The Morgan fingerprint density at radius 1 is 0.714 bits per heavy atom. The summed E-state index contributed by atoms with van der Waals surface area (Å²) in [5.74, 6) is 0.310. The van der Waals surface area contributed by atoms with Crippen LogP contribution in [0.4, 0.5) is 11.4 Å². The number of carbonyl (C=O) groups excluding carboxylic acids is 2. The summed E-state index contributed by atoms with van der Waals surface area (Å²) in [5, 5.41) is 0.609. The Balaban J connectivity index is 1.48. The zero-order chi connectivity index (χ0) is 28.7. The van der Waals surface area contributed by atoms with Crippen molar-refractivity contribution in [2.75, 3.05) is 9.80 Å². The first-order valence-corrected chi connectivity index (χ1v) is 14.3. The van der Waals surface area contributed by atoms with E-state index in [4.69, 9.17) is 16.3 Å². The third-order valence-electron chi connectivity index (χ3n) is 8.24. The molecule has 5 aromatic carbocycles. The Labute approximate surface area is 249 Å². The van der Waals surface area contributed by atoms with E-state index in [-0.39, 0.29) is 11.8 Å². The van der Waals surface area contributed by atoms with Crippen LogP contribution in [0, 0.1) is 0 Å². The van der Waals surface area contributed by atoms with Crippen LogP contribution in [0.1, 0.15) is 33.9 Å². The lowest BCUT2D eigenvalue weighted by atomic mass is 9.70. The highest BCUT2D eigenvalue weighted by Crippen LogP contribution is 2.57. The molecule has 0 N–H and O–H groups in total. The van der Waals surface area contributed by atoms with Gasteiger partial charge in [0, 0.05) is 17.0 Å². The van der Waals surface area contributed by atoms with Crippen LogP contribution >= 0.6 is 11.6 Å². The zero-order valence-electron chi connectivity index (χ0n) is 22.6. The summed E-state index contributed by atoms with van der Waals surface area (Å²) in [7, 11) is 0. The van der Waals surface area contributed by atoms with Gasteiger partial charge in [-0.15, -0.1) is 0 Å². The summed E-state index contributed by atoms with van der Waals surface area (Å²) < 4.78 is 6.53. The van der Waals surface area contributed by atoms with Crippen LogP contribution in [0.3, 0.4) is 0 Å². The molecule has 5 nitrogen and oxygen atoms in total. The number of carbonyl (C=O) groups is 2. The van der Waals surface area contributed by atoms with Gasteiger partial charge in [-0.05, 0) is 59.7 Å². The van der Waals surface area contributed by atoms with E-state index >= 15 is 0 Å². The average Bonchev–Trinajstić information content (AvgIpc) is 3.16. The summed E-state index contributed by atoms with van der Waals surface area (Å²) in [6.45, 7) is 0. The Morgan fingerprint density at radius 2 is 1.29 bits per heavy atom. The van der Waals surface area contributed by atoms with Crippen molar-refractivity contribution in [2.45, 2.75) is 24.1 Å². The van der Waals surface area contributed by atoms with Gasteiger partial charge in [0.25, 0.3) is 11.8 Å². The minimum absolute atomic E-state index is 0.151. The number of halogens is 1. The SMILES string of the molecule is O=C(c1ccccc1)N1c2ccccc2N2C(=O)C(Oc3ccccc3)C2(c2ccccc2)CC1c1ccc(Cl)cc1. The largest absolute Gasteiger partial charge is 0.478 e. The minimum Gasteiger partial charge on any atom is -0.478 e. The van der Waals surface area contributed by atoms with Crippen molar-refractivity contribution < 1.29 is 14.3 Å². The van der Waals surface area contributed by atoms with Crippen LogP contribution in [-0.4, -0.2) is 17.9 Å². The smallest absolute Gasteiger partial charge is 0.271 e. The first kappa shape index (κ1) is 26.1. The predicted octanol–water partition coefficient (Wildman–Crippen LogP) is 7.82. The molecule has 5 aromatic rings. The first-order valence-electron chi connectivity index (χ1n) is 13.9. The highest BCUT2D eigenvalue weighted by molar-refractivity contribution is 6.30. The second-order valence-electron chi connectivity index (χ2n) is 10.6. The lowest BCUT2D eigenvalue weighted by molar-refractivity contribution is -0.142. The highest BCUT2D eigenvalue weighted by atomic mass is 35.5. The monoisotopic (exact) mass is 570 g/mol. The normalized spacial score (nSPS) is 21.0. The topological polar surface area (TPSA) is 49.9 Å². The van der Waals surface area contributed by atoms with Crippen LogP contribution in [0.5, 0.6) is 5.75 Å². The van der Waals surface area contributed by atoms with Crippen LogP contribution in [0.25, 0.3) is 0 Å². The predicted molar refractivity (Wildman–Crippen MR) is 165 cm³/mol. The number of β-lactam (4-membered cyclic amide) rings is 1. The molecule has 0 aliphatic carbocycles. The van der Waals surface area contributed by atoms with Gasteiger partial charge in [0.15, 0.2) is 0 Å². The molecule has 0 spiro atoms. The van der Waals surface area contributed by atoms with Gasteiger partial charge in [-0.25, -0.2) is 0 Å². The van der Waals surface area contributed by atoms with E-state index in [0.29, 0.717) is 34.1 Å². The van der Waals surface area contributed by atoms with E-state index in [1.165, 1.54) is 0 Å². The number of hydrogen-bond acceptors (Lipinski definition) is 3. The molecule has 0 saturated carbocycles. The maximum absolute atomic E-state index is 14.5. The second-order valence-corrected chi connectivity index (χ2v) is 11.0. The highest BCUT2D eigenvalue weighted by Gasteiger charge is 2.66. The summed E-state index contributed by atoms with van der Waals surface area (Å²) in [4.78, 5) is 32.3. The molecule has 0 radical (unpaired) electrons. The van der Waals surface area contributed by atoms with Crippen LogP contribution < -0.4 is 14.5 Å². The van der Waals surface area contributed by atoms with Crippen LogP contribution in [0.2, 0.25) is 5.02 Å². The molecule has 2 amide bonds. The fraction of sp³-hybridized carbons (Fsp3) is 0.111. The van der Waals surface area contributed by atoms with Gasteiger partial charge in [0.2, 0.25) is 6.10 Å². The van der Waals surface area contributed by atoms with Gasteiger partial charge in [0.1, 0.15) is 11.3 Å².